The fourth-order valence-corrected chi connectivity index (χ4v) is 2.79. The molecule has 0 spiro atoms. The van der Waals surface area contributed by atoms with Crippen molar-refractivity contribution in [3.8, 4) is 11.4 Å². The average Bonchev–Trinajstić information content (AvgIpc) is 3.30. The Morgan fingerprint density at radius 1 is 0.760 bits per heavy atom. The third-order valence-corrected chi connectivity index (χ3v) is 4.01. The first-order valence-corrected chi connectivity index (χ1v) is 7.76. The van der Waals surface area contributed by atoms with Gasteiger partial charge in [-0.25, -0.2) is 29.9 Å². The van der Waals surface area contributed by atoms with Crippen molar-refractivity contribution in [3.63, 3.8) is 0 Å². The molecule has 0 bridgehead atoms. The second-order valence-electron chi connectivity index (χ2n) is 5.59. The minimum atomic E-state index is 0.570. The van der Waals surface area contributed by atoms with Crippen molar-refractivity contribution in [2.45, 2.75) is 6.42 Å². The largest absolute Gasteiger partial charge is 0.342 e. The Morgan fingerprint density at radius 3 is 2.32 bits per heavy atom. The molecule has 0 saturated heterocycles. The summed E-state index contributed by atoms with van der Waals surface area (Å²) in [5.74, 6) is 1.34. The number of imidazole rings is 2. The lowest BCUT2D eigenvalue weighted by atomic mass is 10.0. The van der Waals surface area contributed by atoms with E-state index >= 15 is 0 Å². The van der Waals surface area contributed by atoms with Gasteiger partial charge in [0.25, 0.3) is 0 Å². The van der Waals surface area contributed by atoms with Crippen LogP contribution in [0.4, 0.5) is 0 Å². The summed E-state index contributed by atoms with van der Waals surface area (Å²) in [5.41, 5.74) is 4.94. The van der Waals surface area contributed by atoms with Crippen LogP contribution in [0.3, 0.4) is 0 Å². The number of rotatable bonds is 3. The monoisotopic (exact) mass is 328 g/mol. The van der Waals surface area contributed by atoms with Gasteiger partial charge in [-0.2, -0.15) is 0 Å². The van der Waals surface area contributed by atoms with Gasteiger partial charge in [0, 0.05) is 12.0 Å². The molecular weight excluding hydrogens is 316 g/mol. The summed E-state index contributed by atoms with van der Waals surface area (Å²) in [6, 6.07) is 7.98. The van der Waals surface area contributed by atoms with E-state index in [0.717, 1.165) is 22.2 Å². The van der Waals surface area contributed by atoms with Crippen molar-refractivity contribution < 1.29 is 0 Å². The lowest BCUT2D eigenvalue weighted by Gasteiger charge is -2.07. The molecule has 0 fully saturated rings. The molecule has 0 unspecified atom stereocenters. The number of benzene rings is 1. The van der Waals surface area contributed by atoms with Crippen LogP contribution < -0.4 is 0 Å². The lowest BCUT2D eigenvalue weighted by molar-refractivity contribution is 0.984. The number of nitrogens with zero attached hydrogens (tertiary/aromatic N) is 6. The Hall–Kier alpha value is -3.68. The number of aromatic nitrogens is 8. The minimum absolute atomic E-state index is 0.570. The summed E-state index contributed by atoms with van der Waals surface area (Å²) in [4.78, 5) is 32.3. The molecule has 120 valence electrons. The minimum Gasteiger partial charge on any atom is -0.342 e. The first-order chi connectivity index (χ1) is 12.4. The number of hydrogen-bond donors (Lipinski definition) is 2. The molecule has 0 saturated carbocycles. The molecule has 5 rings (SSSR count). The highest BCUT2D eigenvalue weighted by atomic mass is 15.0. The molecule has 25 heavy (non-hydrogen) atoms. The molecule has 0 radical (unpaired) electrons. The number of fused-ring (bicyclic) bond motifs is 2. The highest BCUT2D eigenvalue weighted by molar-refractivity contribution is 5.73. The topological polar surface area (TPSA) is 109 Å². The number of H-pyrrole nitrogens is 2. The Bertz CT molecular complexity index is 1190. The zero-order valence-electron chi connectivity index (χ0n) is 13.0. The van der Waals surface area contributed by atoms with Gasteiger partial charge in [0.05, 0.1) is 25.0 Å². The summed E-state index contributed by atoms with van der Waals surface area (Å²) < 4.78 is 0. The van der Waals surface area contributed by atoms with E-state index in [0.29, 0.717) is 29.4 Å². The van der Waals surface area contributed by atoms with E-state index in [4.69, 9.17) is 0 Å². The SMILES string of the molecule is c1ccc(-c2ncc3[nH]cnc3n2)c(Cc2ncc3[nH]cnc3n2)c1. The van der Waals surface area contributed by atoms with E-state index in [1.54, 1.807) is 25.0 Å². The fourth-order valence-electron chi connectivity index (χ4n) is 2.79. The van der Waals surface area contributed by atoms with E-state index in [1.807, 2.05) is 24.3 Å². The molecule has 0 atom stereocenters. The molecule has 0 aliphatic heterocycles. The second kappa shape index (κ2) is 5.45. The molecule has 0 aliphatic carbocycles. The molecule has 8 nitrogen and oxygen atoms in total. The van der Waals surface area contributed by atoms with Crippen LogP contribution in [0.25, 0.3) is 33.7 Å². The highest BCUT2D eigenvalue weighted by Gasteiger charge is 2.11. The Kier molecular flexibility index (Phi) is 2.99. The molecule has 0 aliphatic rings. The Labute approximate surface area is 141 Å². The predicted molar refractivity (Wildman–Crippen MR) is 91.6 cm³/mol. The fraction of sp³-hybridized carbons (Fsp3) is 0.0588. The highest BCUT2D eigenvalue weighted by Crippen LogP contribution is 2.23. The number of nitrogens with one attached hydrogen (secondary N) is 2. The van der Waals surface area contributed by atoms with Crippen LogP contribution in [0.5, 0.6) is 0 Å². The molecular formula is C17H12N8. The van der Waals surface area contributed by atoms with Crippen LogP contribution in [0.15, 0.2) is 49.3 Å². The van der Waals surface area contributed by atoms with Crippen LogP contribution in [0.2, 0.25) is 0 Å². The normalized spacial score (nSPS) is 11.4. The third-order valence-electron chi connectivity index (χ3n) is 4.01. The van der Waals surface area contributed by atoms with Crippen LogP contribution in [0, 0.1) is 0 Å². The zero-order chi connectivity index (χ0) is 16.6. The number of aromatic amines is 2. The Morgan fingerprint density at radius 2 is 1.48 bits per heavy atom. The van der Waals surface area contributed by atoms with Crippen LogP contribution in [-0.4, -0.2) is 39.9 Å². The lowest BCUT2D eigenvalue weighted by Crippen LogP contribution is -2.00. The van der Waals surface area contributed by atoms with Gasteiger partial charge in [0.2, 0.25) is 0 Å². The first kappa shape index (κ1) is 13.7. The predicted octanol–water partition coefficient (Wildman–Crippen LogP) is 2.28. The zero-order valence-corrected chi connectivity index (χ0v) is 13.0. The second-order valence-corrected chi connectivity index (χ2v) is 5.59. The number of hydrogen-bond acceptors (Lipinski definition) is 6. The molecule has 4 heterocycles. The van der Waals surface area contributed by atoms with Gasteiger partial charge in [-0.05, 0) is 5.56 Å². The average molecular weight is 328 g/mol. The van der Waals surface area contributed by atoms with Crippen LogP contribution >= 0.6 is 0 Å². The van der Waals surface area contributed by atoms with Crippen LogP contribution in [0.1, 0.15) is 11.4 Å². The third kappa shape index (κ3) is 2.40. The van der Waals surface area contributed by atoms with Crippen LogP contribution in [-0.2, 0) is 6.42 Å². The standard InChI is InChI=1S/C17H12N8/c1-2-4-11(15-19-7-13-17(25-15)23-9-21-13)10(3-1)5-14-18-6-12-16(24-14)22-8-20-12/h1-4,6-9H,5H2,(H,18,20,22,24)(H,19,21,23,25). The molecule has 8 heteroatoms. The van der Waals surface area contributed by atoms with E-state index in [-0.39, 0.29) is 0 Å². The smallest absolute Gasteiger partial charge is 0.181 e. The molecule has 0 amide bonds. The quantitative estimate of drug-likeness (QED) is 0.526. The van der Waals surface area contributed by atoms with E-state index in [2.05, 4.69) is 39.9 Å². The van der Waals surface area contributed by atoms with Crippen molar-refractivity contribution in [1.29, 1.82) is 0 Å². The van der Waals surface area contributed by atoms with Crippen molar-refractivity contribution in [3.05, 3.63) is 60.7 Å². The maximum atomic E-state index is 4.54. The first-order valence-electron chi connectivity index (χ1n) is 7.76. The van der Waals surface area contributed by atoms with E-state index in [9.17, 15) is 0 Å². The molecule has 4 aromatic heterocycles. The van der Waals surface area contributed by atoms with E-state index in [1.165, 1.54) is 0 Å². The van der Waals surface area contributed by atoms with E-state index < -0.39 is 0 Å². The summed E-state index contributed by atoms with van der Waals surface area (Å²) in [6.07, 6.45) is 7.29. The maximum Gasteiger partial charge on any atom is 0.181 e. The van der Waals surface area contributed by atoms with Crippen molar-refractivity contribution >= 4 is 22.3 Å². The molecule has 5 aromatic rings. The molecule has 1 aromatic carbocycles. The summed E-state index contributed by atoms with van der Waals surface area (Å²) in [5, 5.41) is 0. The summed E-state index contributed by atoms with van der Waals surface area (Å²) >= 11 is 0. The van der Waals surface area contributed by atoms with Crippen molar-refractivity contribution in [1.82, 2.24) is 39.9 Å². The maximum absolute atomic E-state index is 4.54. The van der Waals surface area contributed by atoms with Gasteiger partial charge >= 0.3 is 0 Å². The Balaban J connectivity index is 1.57. The van der Waals surface area contributed by atoms with Gasteiger partial charge in [0.15, 0.2) is 17.1 Å². The van der Waals surface area contributed by atoms with Gasteiger partial charge in [-0.3, -0.25) is 0 Å². The summed E-state index contributed by atoms with van der Waals surface area (Å²) in [6.45, 7) is 0. The van der Waals surface area contributed by atoms with Gasteiger partial charge in [-0.15, -0.1) is 0 Å². The van der Waals surface area contributed by atoms with Gasteiger partial charge in [0.1, 0.15) is 16.9 Å². The summed E-state index contributed by atoms with van der Waals surface area (Å²) in [7, 11) is 0. The van der Waals surface area contributed by atoms with Gasteiger partial charge in [-0.1, -0.05) is 24.3 Å². The van der Waals surface area contributed by atoms with Crippen molar-refractivity contribution in [2.75, 3.05) is 0 Å². The van der Waals surface area contributed by atoms with Gasteiger partial charge < -0.3 is 9.97 Å². The molecule has 2 N–H and O–H groups in total. The van der Waals surface area contributed by atoms with Crippen molar-refractivity contribution in [2.24, 2.45) is 0 Å².